The van der Waals surface area contributed by atoms with Gasteiger partial charge in [-0.3, -0.25) is 9.59 Å². The van der Waals surface area contributed by atoms with Gasteiger partial charge in [0.2, 0.25) is 5.91 Å². The molecule has 2 aromatic rings. The second-order valence-electron chi connectivity index (χ2n) is 5.90. The average Bonchev–Trinajstić information content (AvgIpc) is 2.95. The highest BCUT2D eigenvalue weighted by atomic mass is 16.6. The summed E-state index contributed by atoms with van der Waals surface area (Å²) in [7, 11) is 0. The molecule has 0 saturated carbocycles. The van der Waals surface area contributed by atoms with Crippen molar-refractivity contribution in [3.05, 3.63) is 23.8 Å². The molecular weight excluding hydrogens is 284 g/mol. The first-order chi connectivity index (χ1) is 10.6. The molecule has 2 amide bonds. The Bertz CT molecular complexity index is 710. The van der Waals surface area contributed by atoms with E-state index in [2.05, 4.69) is 20.3 Å². The number of nitrogens with one attached hydrogen (secondary N) is 1. The van der Waals surface area contributed by atoms with Gasteiger partial charge in [-0.2, -0.15) is 0 Å². The van der Waals surface area contributed by atoms with Gasteiger partial charge in [0.15, 0.2) is 0 Å². The van der Waals surface area contributed by atoms with Gasteiger partial charge in [-0.1, -0.05) is 13.8 Å². The Morgan fingerprint density at radius 3 is 2.95 bits per heavy atom. The third kappa shape index (κ3) is 2.66. The van der Waals surface area contributed by atoms with E-state index >= 15 is 0 Å². The molecule has 0 bridgehead atoms. The second-order valence-corrected chi connectivity index (χ2v) is 5.90. The summed E-state index contributed by atoms with van der Waals surface area (Å²) in [6.07, 6.45) is 0.644. The second kappa shape index (κ2) is 5.75. The molecule has 1 aliphatic heterocycles. The van der Waals surface area contributed by atoms with Crippen molar-refractivity contribution in [2.24, 2.45) is 5.92 Å². The normalized spacial score (nSPS) is 18.8. The van der Waals surface area contributed by atoms with Gasteiger partial charge >= 0.3 is 0 Å². The van der Waals surface area contributed by atoms with Crippen molar-refractivity contribution < 1.29 is 14.2 Å². The molecule has 7 heteroatoms. The standard InChI is InChI=1S/C15H18N4O3/c1-9(2)7-13-14(20)16-5-6-19(13)15(21)10-3-4-11-12(8-10)18-22-17-11/h3-4,8-9,13H,5-7H2,1-2H3,(H,16,20). The molecular formula is C15H18N4O3. The molecule has 0 spiro atoms. The number of aromatic nitrogens is 2. The van der Waals surface area contributed by atoms with Crippen molar-refractivity contribution in [1.82, 2.24) is 20.5 Å². The molecule has 0 aliphatic carbocycles. The molecule has 7 nitrogen and oxygen atoms in total. The smallest absolute Gasteiger partial charge is 0.254 e. The fourth-order valence-electron chi connectivity index (χ4n) is 2.72. The van der Waals surface area contributed by atoms with E-state index in [0.717, 1.165) is 0 Å². The van der Waals surface area contributed by atoms with Crippen LogP contribution >= 0.6 is 0 Å². The summed E-state index contributed by atoms with van der Waals surface area (Å²) in [4.78, 5) is 26.5. The summed E-state index contributed by atoms with van der Waals surface area (Å²) in [6.45, 7) is 5.07. The monoisotopic (exact) mass is 302 g/mol. The molecule has 2 heterocycles. The van der Waals surface area contributed by atoms with Crippen LogP contribution in [0.1, 0.15) is 30.6 Å². The van der Waals surface area contributed by atoms with Gasteiger partial charge < -0.3 is 10.2 Å². The van der Waals surface area contributed by atoms with Crippen LogP contribution in [0, 0.1) is 5.92 Å². The number of hydrogen-bond donors (Lipinski definition) is 1. The molecule has 1 N–H and O–H groups in total. The number of carbonyl (C=O) groups is 2. The maximum absolute atomic E-state index is 12.8. The summed E-state index contributed by atoms with van der Waals surface area (Å²) < 4.78 is 4.65. The molecule has 1 saturated heterocycles. The molecule has 0 radical (unpaired) electrons. The van der Waals surface area contributed by atoms with Crippen LogP contribution < -0.4 is 5.32 Å². The quantitative estimate of drug-likeness (QED) is 0.920. The third-order valence-electron chi connectivity index (χ3n) is 3.79. The lowest BCUT2D eigenvalue weighted by molar-refractivity contribution is -0.128. The molecule has 3 rings (SSSR count). The van der Waals surface area contributed by atoms with E-state index in [1.807, 2.05) is 13.8 Å². The topological polar surface area (TPSA) is 88.3 Å². The van der Waals surface area contributed by atoms with Crippen LogP contribution in [0.2, 0.25) is 0 Å². The fraction of sp³-hybridized carbons (Fsp3) is 0.467. The van der Waals surface area contributed by atoms with E-state index in [9.17, 15) is 9.59 Å². The predicted molar refractivity (Wildman–Crippen MR) is 79.1 cm³/mol. The first-order valence-electron chi connectivity index (χ1n) is 7.37. The summed E-state index contributed by atoms with van der Waals surface area (Å²) in [5.74, 6) is 0.0780. The van der Waals surface area contributed by atoms with Crippen molar-refractivity contribution >= 4 is 22.8 Å². The largest absolute Gasteiger partial charge is 0.353 e. The SMILES string of the molecule is CC(C)CC1C(=O)NCCN1C(=O)c1ccc2nonc2c1. The number of piperazine rings is 1. The van der Waals surface area contributed by atoms with Crippen LogP contribution in [-0.2, 0) is 4.79 Å². The van der Waals surface area contributed by atoms with E-state index in [0.29, 0.717) is 42.0 Å². The lowest BCUT2D eigenvalue weighted by Crippen LogP contribution is -2.57. The Balaban J connectivity index is 1.89. The van der Waals surface area contributed by atoms with Gasteiger partial charge in [0, 0.05) is 18.7 Å². The molecule has 1 atom stereocenters. The lowest BCUT2D eigenvalue weighted by Gasteiger charge is -2.36. The molecule has 22 heavy (non-hydrogen) atoms. The summed E-state index contributed by atoms with van der Waals surface area (Å²) in [6, 6.07) is 4.61. The summed E-state index contributed by atoms with van der Waals surface area (Å²) in [5.41, 5.74) is 1.63. The lowest BCUT2D eigenvalue weighted by atomic mass is 9.99. The minimum atomic E-state index is -0.424. The van der Waals surface area contributed by atoms with Gasteiger partial charge in [-0.15, -0.1) is 0 Å². The number of benzene rings is 1. The van der Waals surface area contributed by atoms with Crippen LogP contribution in [0.5, 0.6) is 0 Å². The molecule has 1 aromatic heterocycles. The van der Waals surface area contributed by atoms with Crippen LogP contribution in [0.25, 0.3) is 11.0 Å². The number of rotatable bonds is 3. The molecule has 1 fully saturated rings. The van der Waals surface area contributed by atoms with Gasteiger partial charge in [-0.05, 0) is 40.9 Å². The zero-order chi connectivity index (χ0) is 15.7. The Labute approximate surface area is 127 Å². The highest BCUT2D eigenvalue weighted by Crippen LogP contribution is 2.19. The molecule has 1 unspecified atom stereocenters. The number of amides is 2. The number of hydrogen-bond acceptors (Lipinski definition) is 5. The maximum Gasteiger partial charge on any atom is 0.254 e. The highest BCUT2D eigenvalue weighted by Gasteiger charge is 2.33. The van der Waals surface area contributed by atoms with E-state index in [4.69, 9.17) is 0 Å². The maximum atomic E-state index is 12.8. The van der Waals surface area contributed by atoms with Gasteiger partial charge in [-0.25, -0.2) is 4.63 Å². The zero-order valence-electron chi connectivity index (χ0n) is 12.6. The van der Waals surface area contributed by atoms with Crippen LogP contribution in [0.3, 0.4) is 0 Å². The van der Waals surface area contributed by atoms with Crippen LogP contribution in [0.4, 0.5) is 0 Å². The van der Waals surface area contributed by atoms with Crippen molar-refractivity contribution in [3.8, 4) is 0 Å². The van der Waals surface area contributed by atoms with E-state index < -0.39 is 6.04 Å². The van der Waals surface area contributed by atoms with Gasteiger partial charge in [0.05, 0.1) is 0 Å². The van der Waals surface area contributed by atoms with Crippen molar-refractivity contribution in [2.45, 2.75) is 26.3 Å². The van der Waals surface area contributed by atoms with Gasteiger partial charge in [0.1, 0.15) is 17.1 Å². The minimum Gasteiger partial charge on any atom is -0.353 e. The van der Waals surface area contributed by atoms with Crippen LogP contribution in [-0.4, -0.2) is 46.2 Å². The van der Waals surface area contributed by atoms with E-state index in [1.54, 1.807) is 23.1 Å². The van der Waals surface area contributed by atoms with Crippen molar-refractivity contribution in [3.63, 3.8) is 0 Å². The Morgan fingerprint density at radius 2 is 2.18 bits per heavy atom. The third-order valence-corrected chi connectivity index (χ3v) is 3.79. The molecule has 116 valence electrons. The summed E-state index contributed by atoms with van der Waals surface area (Å²) >= 11 is 0. The Hall–Kier alpha value is -2.44. The van der Waals surface area contributed by atoms with E-state index in [-0.39, 0.29) is 11.8 Å². The average molecular weight is 302 g/mol. The van der Waals surface area contributed by atoms with E-state index in [1.165, 1.54) is 0 Å². The van der Waals surface area contributed by atoms with Crippen molar-refractivity contribution in [1.29, 1.82) is 0 Å². The zero-order valence-corrected chi connectivity index (χ0v) is 12.6. The fourth-order valence-corrected chi connectivity index (χ4v) is 2.72. The first-order valence-corrected chi connectivity index (χ1v) is 7.37. The number of carbonyl (C=O) groups excluding carboxylic acids is 2. The van der Waals surface area contributed by atoms with Gasteiger partial charge in [0.25, 0.3) is 5.91 Å². The highest BCUT2D eigenvalue weighted by molar-refractivity contribution is 6.00. The Kier molecular flexibility index (Phi) is 3.79. The number of nitrogens with zero attached hydrogens (tertiary/aromatic N) is 3. The molecule has 1 aromatic carbocycles. The minimum absolute atomic E-state index is 0.0857. The molecule has 1 aliphatic rings. The number of fused-ring (bicyclic) bond motifs is 1. The first kappa shape index (κ1) is 14.5. The summed E-state index contributed by atoms with van der Waals surface area (Å²) in [5, 5.41) is 10.3. The van der Waals surface area contributed by atoms with Crippen LogP contribution in [0.15, 0.2) is 22.8 Å². The Morgan fingerprint density at radius 1 is 1.41 bits per heavy atom. The van der Waals surface area contributed by atoms with Crippen molar-refractivity contribution in [2.75, 3.05) is 13.1 Å². The predicted octanol–water partition coefficient (Wildman–Crippen LogP) is 1.21.